The molecule has 22 heavy (non-hydrogen) atoms. The number of hydrogen-bond donors (Lipinski definition) is 1. The van der Waals surface area contributed by atoms with Gasteiger partial charge in [0, 0.05) is 4.47 Å². The van der Waals surface area contributed by atoms with Crippen LogP contribution in [0.4, 0.5) is 5.69 Å². The van der Waals surface area contributed by atoms with Crippen LogP contribution in [0.3, 0.4) is 0 Å². The van der Waals surface area contributed by atoms with Crippen LogP contribution in [0.2, 0.25) is 0 Å². The first-order chi connectivity index (χ1) is 10.6. The lowest BCUT2D eigenvalue weighted by atomic mass is 9.98. The molecule has 0 bridgehead atoms. The third kappa shape index (κ3) is 4.34. The highest BCUT2D eigenvalue weighted by molar-refractivity contribution is 9.10. The molecular formula is C18H20BrNO2. The van der Waals surface area contributed by atoms with Crippen molar-refractivity contribution in [2.24, 2.45) is 0 Å². The van der Waals surface area contributed by atoms with Crippen molar-refractivity contribution in [1.29, 1.82) is 0 Å². The zero-order chi connectivity index (χ0) is 15.9. The van der Waals surface area contributed by atoms with E-state index in [1.54, 1.807) is 0 Å². The van der Waals surface area contributed by atoms with Crippen molar-refractivity contribution in [1.82, 2.24) is 0 Å². The highest BCUT2D eigenvalue weighted by atomic mass is 79.9. The zero-order valence-corrected chi connectivity index (χ0v) is 14.4. The molecule has 0 fully saturated rings. The summed E-state index contributed by atoms with van der Waals surface area (Å²) in [6, 6.07) is 15.4. The number of carbonyl (C=O) groups excluding carboxylic acids is 1. The minimum atomic E-state index is -0.175. The lowest BCUT2D eigenvalue weighted by Crippen LogP contribution is -2.20. The highest BCUT2D eigenvalue weighted by Gasteiger charge is 2.11. The Kier molecular flexibility index (Phi) is 6.01. The Balaban J connectivity index is 1.99. The zero-order valence-electron chi connectivity index (χ0n) is 12.8. The van der Waals surface area contributed by atoms with Gasteiger partial charge in [0.15, 0.2) is 6.61 Å². The van der Waals surface area contributed by atoms with Gasteiger partial charge in [0.1, 0.15) is 5.75 Å². The van der Waals surface area contributed by atoms with Crippen LogP contribution in [0.1, 0.15) is 31.7 Å². The molecule has 1 N–H and O–H groups in total. The average Bonchev–Trinajstić information content (AvgIpc) is 2.54. The number of hydrogen-bond acceptors (Lipinski definition) is 2. The maximum absolute atomic E-state index is 12.0. The molecular weight excluding hydrogens is 342 g/mol. The van der Waals surface area contributed by atoms with Gasteiger partial charge in [-0.15, -0.1) is 0 Å². The fourth-order valence-corrected chi connectivity index (χ4v) is 2.52. The predicted octanol–water partition coefficient (Wildman–Crippen LogP) is 4.98. The molecule has 1 amide bonds. The molecule has 0 unspecified atom stereocenters. The van der Waals surface area contributed by atoms with Crippen LogP contribution in [0.25, 0.3) is 0 Å². The number of ether oxygens (including phenoxy) is 1. The third-order valence-corrected chi connectivity index (χ3v) is 4.26. The standard InChI is InChI=1S/C18H20BrNO2/c1-3-13(2)14-8-4-7-11-17(14)22-12-18(21)20-16-10-6-5-9-15(16)19/h4-11,13H,3,12H2,1-2H3,(H,20,21)/t13-/m0/s1. The molecule has 4 heteroatoms. The van der Waals surface area contributed by atoms with Gasteiger partial charge in [-0.25, -0.2) is 0 Å². The minimum Gasteiger partial charge on any atom is -0.483 e. The van der Waals surface area contributed by atoms with Crippen molar-refractivity contribution in [3.63, 3.8) is 0 Å². The Morgan fingerprint density at radius 1 is 1.18 bits per heavy atom. The van der Waals surface area contributed by atoms with Crippen LogP contribution in [0, 0.1) is 0 Å². The molecule has 116 valence electrons. The molecule has 2 aromatic carbocycles. The van der Waals surface area contributed by atoms with Gasteiger partial charge < -0.3 is 10.1 Å². The first-order valence-corrected chi connectivity index (χ1v) is 8.17. The van der Waals surface area contributed by atoms with E-state index in [4.69, 9.17) is 4.74 Å². The second-order valence-electron chi connectivity index (χ2n) is 5.16. The van der Waals surface area contributed by atoms with E-state index in [1.807, 2.05) is 42.5 Å². The Bertz CT molecular complexity index is 642. The topological polar surface area (TPSA) is 38.3 Å². The quantitative estimate of drug-likeness (QED) is 0.787. The smallest absolute Gasteiger partial charge is 0.262 e. The first kappa shape index (κ1) is 16.6. The van der Waals surface area contributed by atoms with E-state index in [2.05, 4.69) is 41.2 Å². The largest absolute Gasteiger partial charge is 0.483 e. The Morgan fingerprint density at radius 2 is 1.86 bits per heavy atom. The van der Waals surface area contributed by atoms with E-state index in [1.165, 1.54) is 0 Å². The number of halogens is 1. The summed E-state index contributed by atoms with van der Waals surface area (Å²) in [7, 11) is 0. The summed E-state index contributed by atoms with van der Waals surface area (Å²) in [6.45, 7) is 4.29. The van der Waals surface area contributed by atoms with Crippen molar-refractivity contribution in [2.75, 3.05) is 11.9 Å². The van der Waals surface area contributed by atoms with E-state index in [-0.39, 0.29) is 12.5 Å². The highest BCUT2D eigenvalue weighted by Crippen LogP contribution is 2.28. The maximum atomic E-state index is 12.0. The van der Waals surface area contributed by atoms with Crippen LogP contribution in [0.15, 0.2) is 53.0 Å². The summed E-state index contributed by atoms with van der Waals surface area (Å²) in [5, 5.41) is 2.83. The molecule has 0 aromatic heterocycles. The molecule has 0 aliphatic heterocycles. The van der Waals surface area contributed by atoms with E-state index in [0.717, 1.165) is 27.9 Å². The van der Waals surface area contributed by atoms with Crippen molar-refractivity contribution in [3.8, 4) is 5.75 Å². The second-order valence-corrected chi connectivity index (χ2v) is 6.02. The van der Waals surface area contributed by atoms with Crippen LogP contribution in [0.5, 0.6) is 5.75 Å². The molecule has 0 aliphatic rings. The van der Waals surface area contributed by atoms with Crippen LogP contribution in [-0.4, -0.2) is 12.5 Å². The lowest BCUT2D eigenvalue weighted by Gasteiger charge is -2.15. The molecule has 1 atom stereocenters. The summed E-state index contributed by atoms with van der Waals surface area (Å²) in [4.78, 5) is 12.0. The molecule has 0 saturated carbocycles. The summed E-state index contributed by atoms with van der Waals surface area (Å²) < 4.78 is 6.56. The van der Waals surface area contributed by atoms with E-state index < -0.39 is 0 Å². The molecule has 2 aromatic rings. The van der Waals surface area contributed by atoms with Gasteiger partial charge in [-0.05, 0) is 52.0 Å². The van der Waals surface area contributed by atoms with Gasteiger partial charge in [0.2, 0.25) is 0 Å². The number of nitrogens with one attached hydrogen (secondary N) is 1. The molecule has 2 rings (SSSR count). The fraction of sp³-hybridized carbons (Fsp3) is 0.278. The third-order valence-electron chi connectivity index (χ3n) is 3.57. The summed E-state index contributed by atoms with van der Waals surface area (Å²) >= 11 is 3.41. The van der Waals surface area contributed by atoms with Crippen LogP contribution < -0.4 is 10.1 Å². The molecule has 0 saturated heterocycles. The first-order valence-electron chi connectivity index (χ1n) is 7.38. The summed E-state index contributed by atoms with van der Waals surface area (Å²) in [5.41, 5.74) is 1.88. The molecule has 0 heterocycles. The lowest BCUT2D eigenvalue weighted by molar-refractivity contribution is -0.118. The van der Waals surface area contributed by atoms with Crippen molar-refractivity contribution < 1.29 is 9.53 Å². The average molecular weight is 362 g/mol. The SMILES string of the molecule is CC[C@H](C)c1ccccc1OCC(=O)Nc1ccccc1Br. The number of carbonyl (C=O) groups is 1. The normalized spacial score (nSPS) is 11.8. The molecule has 0 spiro atoms. The number of amides is 1. The minimum absolute atomic E-state index is 0.00518. The second kappa shape index (κ2) is 7.99. The molecule has 0 aliphatic carbocycles. The Morgan fingerprint density at radius 3 is 2.59 bits per heavy atom. The summed E-state index contributed by atoms with van der Waals surface area (Å²) in [5.74, 6) is 1.01. The van der Waals surface area contributed by atoms with Gasteiger partial charge in [0.25, 0.3) is 5.91 Å². The van der Waals surface area contributed by atoms with E-state index in [9.17, 15) is 4.79 Å². The van der Waals surface area contributed by atoms with Gasteiger partial charge >= 0.3 is 0 Å². The van der Waals surface area contributed by atoms with Gasteiger partial charge in [0.05, 0.1) is 5.69 Å². The Hall–Kier alpha value is -1.81. The molecule has 3 nitrogen and oxygen atoms in total. The van der Waals surface area contributed by atoms with Gasteiger partial charge in [-0.2, -0.15) is 0 Å². The molecule has 0 radical (unpaired) electrons. The number of para-hydroxylation sites is 2. The van der Waals surface area contributed by atoms with Crippen molar-refractivity contribution in [2.45, 2.75) is 26.2 Å². The number of rotatable bonds is 6. The maximum Gasteiger partial charge on any atom is 0.262 e. The van der Waals surface area contributed by atoms with Crippen molar-refractivity contribution >= 4 is 27.5 Å². The van der Waals surface area contributed by atoms with Crippen LogP contribution in [-0.2, 0) is 4.79 Å². The van der Waals surface area contributed by atoms with Crippen LogP contribution >= 0.6 is 15.9 Å². The number of anilines is 1. The fourth-order valence-electron chi connectivity index (χ4n) is 2.13. The van der Waals surface area contributed by atoms with Gasteiger partial charge in [-0.3, -0.25) is 4.79 Å². The van der Waals surface area contributed by atoms with E-state index in [0.29, 0.717) is 5.92 Å². The van der Waals surface area contributed by atoms with Gasteiger partial charge in [-0.1, -0.05) is 44.2 Å². The van der Waals surface area contributed by atoms with E-state index >= 15 is 0 Å². The Labute approximate surface area is 139 Å². The summed E-state index contributed by atoms with van der Waals surface area (Å²) in [6.07, 6.45) is 1.03. The monoisotopic (exact) mass is 361 g/mol. The predicted molar refractivity (Wildman–Crippen MR) is 93.4 cm³/mol. The van der Waals surface area contributed by atoms with Crippen molar-refractivity contribution in [3.05, 3.63) is 58.6 Å². The number of benzene rings is 2.